The molecule has 2 nitrogen and oxygen atoms in total. The van der Waals surface area contributed by atoms with Crippen LogP contribution in [-0.2, 0) is 11.0 Å². The summed E-state index contributed by atoms with van der Waals surface area (Å²) < 4.78 is 39.4. The molecule has 27 heavy (non-hydrogen) atoms. The first-order chi connectivity index (χ1) is 12.9. The van der Waals surface area contributed by atoms with E-state index in [0.717, 1.165) is 23.4 Å². The Morgan fingerprint density at radius 3 is 2.52 bits per heavy atom. The lowest BCUT2D eigenvalue weighted by Crippen LogP contribution is -2.13. The van der Waals surface area contributed by atoms with Crippen LogP contribution in [-0.4, -0.2) is 17.4 Å². The first-order valence-corrected chi connectivity index (χ1v) is 9.88. The van der Waals surface area contributed by atoms with E-state index in [2.05, 4.69) is 5.32 Å². The lowest BCUT2D eigenvalue weighted by molar-refractivity contribution is -0.137. The Morgan fingerprint density at radius 2 is 1.85 bits per heavy atom. The predicted molar refractivity (Wildman–Crippen MR) is 103 cm³/mol. The highest BCUT2D eigenvalue weighted by molar-refractivity contribution is 7.99. The lowest BCUT2D eigenvalue weighted by atomic mass is 9.92. The second-order valence-corrected chi connectivity index (χ2v) is 7.55. The van der Waals surface area contributed by atoms with Gasteiger partial charge in [-0.25, -0.2) is 0 Å². The fraction of sp³-hybridized carbons (Fsp3) is 0.286. The molecule has 0 saturated carbocycles. The van der Waals surface area contributed by atoms with Crippen LogP contribution >= 0.6 is 11.8 Å². The molecule has 0 fully saturated rings. The van der Waals surface area contributed by atoms with Crippen molar-refractivity contribution in [2.45, 2.75) is 25.4 Å². The molecule has 0 aromatic heterocycles. The highest BCUT2D eigenvalue weighted by atomic mass is 32.2. The topological polar surface area (TPSA) is 29.1 Å². The lowest BCUT2D eigenvalue weighted by Gasteiger charge is -2.12. The number of carbonyl (C=O) groups excluding carboxylic acids is 1. The van der Waals surface area contributed by atoms with Gasteiger partial charge < -0.3 is 5.32 Å². The zero-order chi connectivity index (χ0) is 19.4. The van der Waals surface area contributed by atoms with Crippen LogP contribution in [0.3, 0.4) is 0 Å². The van der Waals surface area contributed by atoms with E-state index in [-0.39, 0.29) is 11.7 Å². The first-order valence-electron chi connectivity index (χ1n) is 8.73. The summed E-state index contributed by atoms with van der Waals surface area (Å²) in [5.74, 6) is 1.02. The number of benzene rings is 2. The summed E-state index contributed by atoms with van der Waals surface area (Å²) in [6.45, 7) is 2.03. The number of alkyl halides is 3. The van der Waals surface area contributed by atoms with Crippen LogP contribution in [0.25, 0.3) is 5.57 Å². The molecule has 1 aliphatic carbocycles. The first kappa shape index (κ1) is 19.5. The van der Waals surface area contributed by atoms with Crippen LogP contribution in [0.15, 0.2) is 60.3 Å². The van der Waals surface area contributed by atoms with Crippen LogP contribution < -0.4 is 5.32 Å². The number of hydrogen-bond donors (Lipinski definition) is 1. The summed E-state index contributed by atoms with van der Waals surface area (Å²) in [7, 11) is 0. The van der Waals surface area contributed by atoms with Gasteiger partial charge in [0.25, 0.3) is 0 Å². The molecule has 3 rings (SSSR count). The van der Waals surface area contributed by atoms with Gasteiger partial charge in [0.2, 0.25) is 0 Å². The van der Waals surface area contributed by atoms with Crippen molar-refractivity contribution in [2.24, 2.45) is 0 Å². The summed E-state index contributed by atoms with van der Waals surface area (Å²) in [5, 5.41) is 3.26. The third-order valence-electron chi connectivity index (χ3n) is 4.55. The van der Waals surface area contributed by atoms with Gasteiger partial charge in [-0.15, -0.1) is 11.8 Å². The Bertz CT molecular complexity index is 846. The van der Waals surface area contributed by atoms with Gasteiger partial charge in [-0.1, -0.05) is 49.4 Å². The van der Waals surface area contributed by atoms with Crippen molar-refractivity contribution >= 4 is 23.1 Å². The SMILES string of the molecule is CCSCNC1=C(c2cccc(C(F)(F)F)c2)C(=O)C(c2ccccc2)C1. The number of halogens is 3. The second kappa shape index (κ2) is 8.21. The molecule has 0 heterocycles. The Hall–Kier alpha value is -2.21. The Balaban J connectivity index is 1.99. The Kier molecular flexibility index (Phi) is 5.95. The van der Waals surface area contributed by atoms with Gasteiger partial charge in [-0.05, 0) is 29.0 Å². The van der Waals surface area contributed by atoms with Crippen molar-refractivity contribution in [3.8, 4) is 0 Å². The minimum absolute atomic E-state index is 0.135. The summed E-state index contributed by atoms with van der Waals surface area (Å²) in [6.07, 6.45) is -3.97. The van der Waals surface area contributed by atoms with E-state index in [1.165, 1.54) is 6.07 Å². The third kappa shape index (κ3) is 4.38. The zero-order valence-corrected chi connectivity index (χ0v) is 15.7. The second-order valence-electron chi connectivity index (χ2n) is 6.28. The maximum atomic E-state index is 13.1. The van der Waals surface area contributed by atoms with Crippen molar-refractivity contribution in [3.05, 3.63) is 77.0 Å². The fourth-order valence-electron chi connectivity index (χ4n) is 3.24. The van der Waals surface area contributed by atoms with Gasteiger partial charge in [0, 0.05) is 17.7 Å². The standard InChI is InChI=1S/C21H20F3NOS/c1-2-27-13-25-18-12-17(14-7-4-3-5-8-14)20(26)19(18)15-9-6-10-16(11-15)21(22,23)24/h3-11,17,25H,2,12-13H2,1H3. The summed E-state index contributed by atoms with van der Waals surface area (Å²) in [5.41, 5.74) is 1.54. The number of rotatable bonds is 6. The third-order valence-corrected chi connectivity index (χ3v) is 5.30. The summed E-state index contributed by atoms with van der Waals surface area (Å²) in [4.78, 5) is 13.1. The highest BCUT2D eigenvalue weighted by Crippen LogP contribution is 2.40. The molecule has 2 aromatic carbocycles. The molecule has 6 heteroatoms. The molecule has 2 aromatic rings. The number of thioether (sulfide) groups is 1. The smallest absolute Gasteiger partial charge is 0.379 e. The van der Waals surface area contributed by atoms with Crippen LogP contribution in [0.5, 0.6) is 0 Å². The van der Waals surface area contributed by atoms with E-state index in [1.54, 1.807) is 17.8 Å². The van der Waals surface area contributed by atoms with Gasteiger partial charge in [-0.3, -0.25) is 4.79 Å². The molecule has 0 spiro atoms. The predicted octanol–water partition coefficient (Wildman–Crippen LogP) is 5.47. The van der Waals surface area contributed by atoms with E-state index < -0.39 is 11.7 Å². The fourth-order valence-corrected chi connectivity index (χ4v) is 3.73. The van der Waals surface area contributed by atoms with Crippen LogP contribution in [0.4, 0.5) is 13.2 Å². The molecule has 0 aliphatic heterocycles. The molecule has 0 radical (unpaired) electrons. The Labute approximate surface area is 160 Å². The minimum Gasteiger partial charge on any atom is -0.379 e. The maximum Gasteiger partial charge on any atom is 0.416 e. The quantitative estimate of drug-likeness (QED) is 0.523. The molecule has 0 saturated heterocycles. The van der Waals surface area contributed by atoms with Crippen molar-refractivity contribution in [2.75, 3.05) is 11.6 Å². The van der Waals surface area contributed by atoms with Gasteiger partial charge in [-0.2, -0.15) is 13.2 Å². The van der Waals surface area contributed by atoms with Crippen molar-refractivity contribution < 1.29 is 18.0 Å². The number of nitrogens with one attached hydrogen (secondary N) is 1. The molecule has 142 valence electrons. The van der Waals surface area contributed by atoms with E-state index >= 15 is 0 Å². The average Bonchev–Trinajstić information content (AvgIpc) is 2.98. The van der Waals surface area contributed by atoms with E-state index in [1.807, 2.05) is 37.3 Å². The summed E-state index contributed by atoms with van der Waals surface area (Å²) >= 11 is 1.66. The van der Waals surface area contributed by atoms with Crippen LogP contribution in [0.1, 0.15) is 36.0 Å². The Morgan fingerprint density at radius 1 is 1.11 bits per heavy atom. The molecule has 0 bridgehead atoms. The maximum absolute atomic E-state index is 13.1. The van der Waals surface area contributed by atoms with Crippen LogP contribution in [0.2, 0.25) is 0 Å². The molecular formula is C21H20F3NOS. The van der Waals surface area contributed by atoms with Crippen molar-refractivity contribution in [3.63, 3.8) is 0 Å². The normalized spacial score (nSPS) is 17.5. The molecule has 1 N–H and O–H groups in total. The minimum atomic E-state index is -4.44. The van der Waals surface area contributed by atoms with Gasteiger partial charge in [0.1, 0.15) is 0 Å². The molecule has 1 atom stereocenters. The highest BCUT2D eigenvalue weighted by Gasteiger charge is 2.36. The van der Waals surface area contributed by atoms with Gasteiger partial charge >= 0.3 is 6.18 Å². The number of allylic oxidation sites excluding steroid dienone is 2. The van der Waals surface area contributed by atoms with Gasteiger partial charge in [0.05, 0.1) is 17.4 Å². The number of Topliss-reactive ketones (excluding diaryl/α,β-unsaturated/α-hetero) is 1. The number of carbonyl (C=O) groups is 1. The van der Waals surface area contributed by atoms with E-state index in [0.29, 0.717) is 29.1 Å². The summed E-state index contributed by atoms with van der Waals surface area (Å²) in [6, 6.07) is 14.4. The molecule has 1 aliphatic rings. The number of ketones is 1. The van der Waals surface area contributed by atoms with Gasteiger partial charge in [0.15, 0.2) is 5.78 Å². The monoisotopic (exact) mass is 391 g/mol. The van der Waals surface area contributed by atoms with Crippen LogP contribution in [0, 0.1) is 0 Å². The van der Waals surface area contributed by atoms with Crippen molar-refractivity contribution in [1.82, 2.24) is 5.32 Å². The molecule has 1 unspecified atom stereocenters. The van der Waals surface area contributed by atoms with Crippen molar-refractivity contribution in [1.29, 1.82) is 0 Å². The molecular weight excluding hydrogens is 371 g/mol. The zero-order valence-electron chi connectivity index (χ0n) is 14.8. The molecule has 0 amide bonds. The van der Waals surface area contributed by atoms with E-state index in [9.17, 15) is 18.0 Å². The van der Waals surface area contributed by atoms with E-state index in [4.69, 9.17) is 0 Å². The largest absolute Gasteiger partial charge is 0.416 e. The number of hydrogen-bond acceptors (Lipinski definition) is 3. The average molecular weight is 391 g/mol.